The zero-order valence-electron chi connectivity index (χ0n) is 26.7. The molecule has 6 nitrogen and oxygen atoms in total. The van der Waals surface area contributed by atoms with E-state index in [1.54, 1.807) is 48.5 Å². The summed E-state index contributed by atoms with van der Waals surface area (Å²) in [7, 11) is 0. The number of benzene rings is 6. The fourth-order valence-electron chi connectivity index (χ4n) is 7.92. The fraction of sp³-hybridized carbons (Fsp3) is 0.116. The van der Waals surface area contributed by atoms with Crippen LogP contribution in [0.25, 0.3) is 34.4 Å². The van der Waals surface area contributed by atoms with E-state index in [2.05, 4.69) is 18.2 Å². The quantitative estimate of drug-likeness (QED) is 0.106. The third-order valence-electron chi connectivity index (χ3n) is 9.99. The zero-order chi connectivity index (χ0) is 34.0. The summed E-state index contributed by atoms with van der Waals surface area (Å²) in [6, 6.07) is 30.4. The van der Waals surface area contributed by atoms with Crippen molar-refractivity contribution in [2.45, 2.75) is 31.6 Å². The Morgan fingerprint density at radius 2 is 0.959 bits per heavy atom. The number of hydrogen-bond acceptors (Lipinski definition) is 6. The van der Waals surface area contributed by atoms with Crippen LogP contribution in [0.2, 0.25) is 0 Å². The van der Waals surface area contributed by atoms with E-state index < -0.39 is 0 Å². The summed E-state index contributed by atoms with van der Waals surface area (Å²) in [4.78, 5) is 0. The van der Waals surface area contributed by atoms with E-state index in [0.29, 0.717) is 18.4 Å². The lowest BCUT2D eigenvalue weighted by Gasteiger charge is -2.37. The Kier molecular flexibility index (Phi) is 7.11. The van der Waals surface area contributed by atoms with Gasteiger partial charge in [0.2, 0.25) is 0 Å². The van der Waals surface area contributed by atoms with Gasteiger partial charge in [-0.15, -0.1) is 0 Å². The standard InChI is InChI=1S/C43H34O6/c1-23-16-27-19-34(25-5-11-30(45)12-6-25)42-33(15-4-24-2-9-29(44)10-3-24)43-35(26-7-13-31(46)14-8-26)20-28-18-32(47)21-39(49)41(28)37(43)22-36(42)40(27)38(48)17-23/h2-18,21-22,34-35,44-49H,19-20H2,1H3/b15-4-. The molecular weight excluding hydrogens is 612 g/mol. The molecule has 6 heteroatoms. The van der Waals surface area contributed by atoms with E-state index in [4.69, 9.17) is 0 Å². The molecule has 0 spiro atoms. The van der Waals surface area contributed by atoms with Gasteiger partial charge >= 0.3 is 0 Å². The van der Waals surface area contributed by atoms with Gasteiger partial charge in [-0.2, -0.15) is 0 Å². The van der Waals surface area contributed by atoms with E-state index in [9.17, 15) is 30.6 Å². The number of aryl methyl sites for hydroxylation is 1. The summed E-state index contributed by atoms with van der Waals surface area (Å²) in [6.45, 7) is 1.97. The van der Waals surface area contributed by atoms with E-state index in [1.807, 2.05) is 49.4 Å². The SMILES string of the molecule is Cc1cc(O)c2c(c1)CC(c1ccc(O)cc1)c1c-2cc2c(c1/C=C\c1ccc(O)cc1)C(c1ccc(O)cc1)Cc1cc(O)cc(O)c1-2. The number of hydrogen-bond donors (Lipinski definition) is 6. The van der Waals surface area contributed by atoms with Crippen LogP contribution in [0.15, 0.2) is 103 Å². The smallest absolute Gasteiger partial charge is 0.127 e. The van der Waals surface area contributed by atoms with Gasteiger partial charge in [0, 0.05) is 29.0 Å². The normalized spacial score (nSPS) is 16.1. The summed E-state index contributed by atoms with van der Waals surface area (Å²) < 4.78 is 0. The Morgan fingerprint density at radius 1 is 0.490 bits per heavy atom. The third kappa shape index (κ3) is 5.22. The van der Waals surface area contributed by atoms with Crippen LogP contribution in [0.5, 0.6) is 34.5 Å². The van der Waals surface area contributed by atoms with Gasteiger partial charge in [-0.25, -0.2) is 0 Å². The Balaban J connectivity index is 1.52. The highest BCUT2D eigenvalue weighted by Gasteiger charge is 2.37. The highest BCUT2D eigenvalue weighted by atomic mass is 16.3. The first kappa shape index (κ1) is 30.2. The van der Waals surface area contributed by atoms with Gasteiger partial charge in [-0.3, -0.25) is 0 Å². The second-order valence-electron chi connectivity index (χ2n) is 13.2. The lowest BCUT2D eigenvalue weighted by Crippen LogP contribution is -2.20. The molecule has 0 saturated heterocycles. The van der Waals surface area contributed by atoms with Gasteiger partial charge in [-0.1, -0.05) is 54.6 Å². The highest BCUT2D eigenvalue weighted by Crippen LogP contribution is 2.56. The van der Waals surface area contributed by atoms with E-state index in [-0.39, 0.29) is 46.3 Å². The predicted octanol–water partition coefficient (Wildman–Crippen LogP) is 9.11. The first-order valence-electron chi connectivity index (χ1n) is 16.3. The molecule has 2 aliphatic rings. The van der Waals surface area contributed by atoms with Crippen molar-refractivity contribution in [1.82, 2.24) is 0 Å². The molecule has 242 valence electrons. The van der Waals surface area contributed by atoms with Gasteiger partial charge in [-0.05, 0) is 136 Å². The molecule has 2 aliphatic carbocycles. The molecule has 6 N–H and O–H groups in total. The molecular formula is C43H34O6. The fourth-order valence-corrected chi connectivity index (χ4v) is 7.92. The van der Waals surface area contributed by atoms with Crippen LogP contribution < -0.4 is 0 Å². The number of fused-ring (bicyclic) bond motifs is 6. The lowest BCUT2D eigenvalue weighted by molar-refractivity contribution is 0.449. The minimum Gasteiger partial charge on any atom is -0.508 e. The molecule has 6 aromatic rings. The zero-order valence-corrected chi connectivity index (χ0v) is 26.7. The Hall–Kier alpha value is -6.14. The molecule has 0 fully saturated rings. The summed E-state index contributed by atoms with van der Waals surface area (Å²) in [5, 5.41) is 64.0. The predicted molar refractivity (Wildman–Crippen MR) is 191 cm³/mol. The molecule has 2 unspecified atom stereocenters. The molecule has 0 bridgehead atoms. The maximum Gasteiger partial charge on any atom is 0.127 e. The van der Waals surface area contributed by atoms with E-state index in [1.165, 1.54) is 6.07 Å². The van der Waals surface area contributed by atoms with Crippen molar-refractivity contribution in [3.8, 4) is 56.8 Å². The summed E-state index contributed by atoms with van der Waals surface area (Å²) >= 11 is 0. The Morgan fingerprint density at radius 3 is 1.49 bits per heavy atom. The second-order valence-corrected chi connectivity index (χ2v) is 13.2. The van der Waals surface area contributed by atoms with Crippen LogP contribution in [0.3, 0.4) is 0 Å². The molecule has 0 aliphatic heterocycles. The van der Waals surface area contributed by atoms with Crippen LogP contribution in [0.1, 0.15) is 61.9 Å². The molecule has 0 saturated carbocycles. The Labute approximate surface area is 283 Å². The first-order chi connectivity index (χ1) is 23.6. The van der Waals surface area contributed by atoms with Gasteiger partial charge in [0.05, 0.1) is 0 Å². The number of phenolic OH excluding ortho intramolecular Hbond substituents is 6. The molecule has 2 atom stereocenters. The van der Waals surface area contributed by atoms with Crippen LogP contribution in [-0.4, -0.2) is 30.6 Å². The number of rotatable bonds is 4. The average molecular weight is 647 g/mol. The van der Waals surface area contributed by atoms with Gasteiger partial charge in [0.15, 0.2) is 0 Å². The molecule has 0 amide bonds. The Bertz CT molecular complexity index is 2150. The summed E-state index contributed by atoms with van der Waals surface area (Å²) in [6.07, 6.45) is 5.19. The molecule has 6 aromatic carbocycles. The maximum absolute atomic E-state index is 11.6. The molecule has 0 aromatic heterocycles. The summed E-state index contributed by atoms with van der Waals surface area (Å²) in [5.74, 6) is 0.247. The van der Waals surface area contributed by atoms with Crippen molar-refractivity contribution < 1.29 is 30.6 Å². The van der Waals surface area contributed by atoms with Gasteiger partial charge in [0.1, 0.15) is 34.5 Å². The maximum atomic E-state index is 11.6. The van der Waals surface area contributed by atoms with Crippen molar-refractivity contribution in [3.63, 3.8) is 0 Å². The first-order valence-corrected chi connectivity index (χ1v) is 16.3. The largest absolute Gasteiger partial charge is 0.508 e. The molecule has 49 heavy (non-hydrogen) atoms. The minimum absolute atomic E-state index is 0.0274. The van der Waals surface area contributed by atoms with Crippen molar-refractivity contribution in [3.05, 3.63) is 153 Å². The average Bonchev–Trinajstić information content (AvgIpc) is 3.06. The van der Waals surface area contributed by atoms with Crippen LogP contribution >= 0.6 is 0 Å². The molecule has 8 rings (SSSR count). The second kappa shape index (κ2) is 11.5. The van der Waals surface area contributed by atoms with Gasteiger partial charge < -0.3 is 30.6 Å². The van der Waals surface area contributed by atoms with Crippen molar-refractivity contribution in [1.29, 1.82) is 0 Å². The summed E-state index contributed by atoms with van der Waals surface area (Å²) in [5.41, 5.74) is 11.5. The van der Waals surface area contributed by atoms with Crippen molar-refractivity contribution >= 4 is 12.2 Å². The van der Waals surface area contributed by atoms with Crippen molar-refractivity contribution in [2.75, 3.05) is 0 Å². The topological polar surface area (TPSA) is 121 Å². The highest BCUT2D eigenvalue weighted by molar-refractivity contribution is 5.94. The number of phenols is 6. The van der Waals surface area contributed by atoms with E-state index in [0.717, 1.165) is 66.8 Å². The van der Waals surface area contributed by atoms with Crippen LogP contribution in [-0.2, 0) is 12.8 Å². The molecule has 0 heterocycles. The van der Waals surface area contributed by atoms with Crippen molar-refractivity contribution in [2.24, 2.45) is 0 Å². The lowest BCUT2D eigenvalue weighted by atomic mass is 9.66. The molecule has 0 radical (unpaired) electrons. The van der Waals surface area contributed by atoms with Crippen LogP contribution in [0.4, 0.5) is 0 Å². The third-order valence-corrected chi connectivity index (χ3v) is 9.99. The monoisotopic (exact) mass is 646 g/mol. The minimum atomic E-state index is -0.220. The van der Waals surface area contributed by atoms with E-state index >= 15 is 0 Å². The number of aromatic hydroxyl groups is 6. The van der Waals surface area contributed by atoms with Crippen LogP contribution in [0, 0.1) is 6.92 Å². The van der Waals surface area contributed by atoms with Gasteiger partial charge in [0.25, 0.3) is 0 Å².